The van der Waals surface area contributed by atoms with Gasteiger partial charge in [0.05, 0.1) is 6.54 Å². The van der Waals surface area contributed by atoms with E-state index in [1.807, 2.05) is 0 Å². The molecule has 1 aliphatic rings. The Bertz CT molecular complexity index is 828. The summed E-state index contributed by atoms with van der Waals surface area (Å²) < 4.78 is 0. The van der Waals surface area contributed by atoms with Crippen molar-refractivity contribution in [2.24, 2.45) is 4.99 Å². The van der Waals surface area contributed by atoms with E-state index in [0.29, 0.717) is 0 Å². The summed E-state index contributed by atoms with van der Waals surface area (Å²) >= 11 is 0. The second-order valence-electron chi connectivity index (χ2n) is 5.26. The first-order valence-corrected chi connectivity index (χ1v) is 7.29. The number of aliphatic imine (C=N–C) groups is 1. The highest BCUT2D eigenvalue weighted by Gasteiger charge is 2.09. The zero-order valence-corrected chi connectivity index (χ0v) is 11.7. The lowest BCUT2D eigenvalue weighted by molar-refractivity contribution is 0.960. The quantitative estimate of drug-likeness (QED) is 0.752. The number of hydrogen-bond donors (Lipinski definition) is 1. The predicted octanol–water partition coefficient (Wildman–Crippen LogP) is 3.86. The average molecular weight is 272 g/mol. The molecule has 3 aromatic rings. The summed E-state index contributed by atoms with van der Waals surface area (Å²) in [5.41, 5.74) is 3.67. The van der Waals surface area contributed by atoms with Crippen LogP contribution in [0.25, 0.3) is 21.9 Å². The number of nitrogens with zero attached hydrogens (tertiary/aromatic N) is 1. The molecule has 0 atom stereocenters. The third-order valence-corrected chi connectivity index (χ3v) is 3.91. The maximum Gasteiger partial charge on any atom is 0.128 e. The van der Waals surface area contributed by atoms with Crippen molar-refractivity contribution in [2.75, 3.05) is 13.1 Å². The Morgan fingerprint density at radius 1 is 0.810 bits per heavy atom. The van der Waals surface area contributed by atoms with Gasteiger partial charge in [-0.2, -0.15) is 0 Å². The normalized spacial score (nSPS) is 14.0. The molecule has 0 fully saturated rings. The Kier molecular flexibility index (Phi) is 2.93. The summed E-state index contributed by atoms with van der Waals surface area (Å²) in [4.78, 5) is 4.51. The van der Waals surface area contributed by atoms with Gasteiger partial charge in [-0.3, -0.25) is 4.99 Å². The molecule has 3 aromatic carbocycles. The Labute approximate surface area is 124 Å². The summed E-state index contributed by atoms with van der Waals surface area (Å²) in [5, 5.41) is 5.90. The van der Waals surface area contributed by atoms with Gasteiger partial charge in [0.25, 0.3) is 0 Å². The van der Waals surface area contributed by atoms with Crippen molar-refractivity contribution in [3.8, 4) is 11.1 Å². The first-order valence-electron chi connectivity index (χ1n) is 7.29. The molecule has 0 saturated carbocycles. The lowest BCUT2D eigenvalue weighted by Gasteiger charge is -2.09. The van der Waals surface area contributed by atoms with E-state index in [1.165, 1.54) is 21.9 Å². The van der Waals surface area contributed by atoms with Crippen LogP contribution >= 0.6 is 0 Å². The summed E-state index contributed by atoms with van der Waals surface area (Å²) in [7, 11) is 0. The van der Waals surface area contributed by atoms with Crippen LogP contribution in [0.5, 0.6) is 0 Å². The van der Waals surface area contributed by atoms with Gasteiger partial charge in [-0.15, -0.1) is 0 Å². The molecule has 0 bridgehead atoms. The Balaban J connectivity index is 1.87. The second kappa shape index (κ2) is 5.06. The fourth-order valence-electron chi connectivity index (χ4n) is 2.90. The van der Waals surface area contributed by atoms with Crippen LogP contribution < -0.4 is 5.32 Å². The topological polar surface area (TPSA) is 24.4 Å². The van der Waals surface area contributed by atoms with Gasteiger partial charge >= 0.3 is 0 Å². The zero-order chi connectivity index (χ0) is 14.1. The molecule has 0 unspecified atom stereocenters. The van der Waals surface area contributed by atoms with Crippen LogP contribution in [0.3, 0.4) is 0 Å². The van der Waals surface area contributed by atoms with Crippen molar-refractivity contribution in [3.63, 3.8) is 0 Å². The van der Waals surface area contributed by atoms with E-state index in [4.69, 9.17) is 0 Å². The summed E-state index contributed by atoms with van der Waals surface area (Å²) in [6, 6.07) is 23.6. The lowest BCUT2D eigenvalue weighted by Crippen LogP contribution is -2.19. The summed E-state index contributed by atoms with van der Waals surface area (Å²) in [6.45, 7) is 1.81. The molecule has 0 aromatic heterocycles. The highest BCUT2D eigenvalue weighted by Crippen LogP contribution is 2.29. The van der Waals surface area contributed by atoms with Gasteiger partial charge in [0, 0.05) is 12.1 Å². The molecule has 102 valence electrons. The Morgan fingerprint density at radius 2 is 1.62 bits per heavy atom. The third kappa shape index (κ3) is 2.19. The molecule has 1 aliphatic heterocycles. The fraction of sp³-hybridized carbons (Fsp3) is 0.105. The summed E-state index contributed by atoms with van der Waals surface area (Å²) in [5.74, 6) is 1.01. The lowest BCUT2D eigenvalue weighted by atomic mass is 9.97. The van der Waals surface area contributed by atoms with E-state index >= 15 is 0 Å². The monoisotopic (exact) mass is 272 g/mol. The number of rotatable bonds is 2. The molecular formula is C19H16N2. The van der Waals surface area contributed by atoms with E-state index in [-0.39, 0.29) is 0 Å². The van der Waals surface area contributed by atoms with Crippen molar-refractivity contribution in [1.82, 2.24) is 5.32 Å². The minimum Gasteiger partial charge on any atom is -0.368 e. The molecule has 1 heterocycles. The molecule has 0 saturated heterocycles. The van der Waals surface area contributed by atoms with Crippen LogP contribution in [0.4, 0.5) is 0 Å². The zero-order valence-electron chi connectivity index (χ0n) is 11.7. The minimum atomic E-state index is 0.869. The molecule has 2 heteroatoms. The van der Waals surface area contributed by atoms with Gasteiger partial charge in [0.2, 0.25) is 0 Å². The third-order valence-electron chi connectivity index (χ3n) is 3.91. The van der Waals surface area contributed by atoms with Crippen LogP contribution in [0.2, 0.25) is 0 Å². The standard InChI is InChI=1S/C19H16N2/c1-2-9-17-14(5-1)6-4-10-18(17)15-7-3-8-16(13-15)19-20-11-12-21-19/h1-10,13H,11-12H2,(H,20,21). The fourth-order valence-corrected chi connectivity index (χ4v) is 2.90. The van der Waals surface area contributed by atoms with E-state index in [9.17, 15) is 0 Å². The highest BCUT2D eigenvalue weighted by molar-refractivity contribution is 6.02. The first kappa shape index (κ1) is 12.2. The van der Waals surface area contributed by atoms with Crippen LogP contribution in [-0.2, 0) is 0 Å². The van der Waals surface area contributed by atoms with E-state index in [0.717, 1.165) is 24.5 Å². The van der Waals surface area contributed by atoms with Crippen LogP contribution in [-0.4, -0.2) is 18.9 Å². The first-order chi connectivity index (χ1) is 10.4. The van der Waals surface area contributed by atoms with E-state index in [1.54, 1.807) is 0 Å². The molecule has 21 heavy (non-hydrogen) atoms. The van der Waals surface area contributed by atoms with Crippen molar-refractivity contribution in [3.05, 3.63) is 72.3 Å². The van der Waals surface area contributed by atoms with Crippen LogP contribution in [0.1, 0.15) is 5.56 Å². The van der Waals surface area contributed by atoms with Crippen molar-refractivity contribution in [2.45, 2.75) is 0 Å². The molecule has 1 N–H and O–H groups in total. The second-order valence-corrected chi connectivity index (χ2v) is 5.26. The van der Waals surface area contributed by atoms with Gasteiger partial charge in [-0.05, 0) is 28.0 Å². The SMILES string of the molecule is c1cc(C2=NCCN2)cc(-c2cccc3ccccc23)c1. The van der Waals surface area contributed by atoms with Crippen LogP contribution in [0.15, 0.2) is 71.7 Å². The maximum atomic E-state index is 4.51. The Morgan fingerprint density at radius 3 is 2.52 bits per heavy atom. The number of amidine groups is 1. The number of benzene rings is 3. The van der Waals surface area contributed by atoms with Gasteiger partial charge in [0.15, 0.2) is 0 Å². The number of hydrogen-bond acceptors (Lipinski definition) is 2. The van der Waals surface area contributed by atoms with Crippen molar-refractivity contribution in [1.29, 1.82) is 0 Å². The smallest absolute Gasteiger partial charge is 0.128 e. The average Bonchev–Trinajstić information content (AvgIpc) is 3.09. The van der Waals surface area contributed by atoms with Crippen LogP contribution in [0, 0.1) is 0 Å². The predicted molar refractivity (Wildman–Crippen MR) is 88.8 cm³/mol. The molecule has 0 radical (unpaired) electrons. The largest absolute Gasteiger partial charge is 0.368 e. The maximum absolute atomic E-state index is 4.51. The molecule has 2 nitrogen and oxygen atoms in total. The van der Waals surface area contributed by atoms with Gasteiger partial charge in [0.1, 0.15) is 5.84 Å². The van der Waals surface area contributed by atoms with E-state index in [2.05, 4.69) is 77.0 Å². The molecule has 0 amide bonds. The van der Waals surface area contributed by atoms with Crippen molar-refractivity contribution < 1.29 is 0 Å². The van der Waals surface area contributed by atoms with Gasteiger partial charge in [-0.25, -0.2) is 0 Å². The summed E-state index contributed by atoms with van der Waals surface area (Å²) in [6.07, 6.45) is 0. The minimum absolute atomic E-state index is 0.869. The van der Waals surface area contributed by atoms with E-state index < -0.39 is 0 Å². The van der Waals surface area contributed by atoms with Gasteiger partial charge < -0.3 is 5.32 Å². The molecule has 0 aliphatic carbocycles. The molecule has 4 rings (SSSR count). The Hall–Kier alpha value is -2.61. The highest BCUT2D eigenvalue weighted by atomic mass is 15.1. The molecular weight excluding hydrogens is 256 g/mol. The van der Waals surface area contributed by atoms with Gasteiger partial charge in [-0.1, -0.05) is 60.7 Å². The molecule has 0 spiro atoms. The number of nitrogens with one attached hydrogen (secondary N) is 1. The number of fused-ring (bicyclic) bond motifs is 1. The van der Waals surface area contributed by atoms with Crippen molar-refractivity contribution >= 4 is 16.6 Å².